The third kappa shape index (κ3) is 10.4. The molecule has 2 aliphatic heterocycles. The third-order valence-electron chi connectivity index (χ3n) is 12.0. The Bertz CT molecular complexity index is 2750. The van der Waals surface area contributed by atoms with Crippen molar-refractivity contribution < 1.29 is 38.1 Å². The summed E-state index contributed by atoms with van der Waals surface area (Å²) in [6.07, 6.45) is 0.723. The maximum Gasteiger partial charge on any atom is 0.248 e. The van der Waals surface area contributed by atoms with Crippen molar-refractivity contribution in [3.05, 3.63) is 95.5 Å². The number of H-pyrrole nitrogens is 1. The highest BCUT2D eigenvalue weighted by Gasteiger charge is 2.44. The van der Waals surface area contributed by atoms with E-state index in [0.717, 1.165) is 32.9 Å². The van der Waals surface area contributed by atoms with E-state index in [0.29, 0.717) is 48.7 Å². The van der Waals surface area contributed by atoms with Gasteiger partial charge in [0.25, 0.3) is 0 Å². The quantitative estimate of drug-likeness (QED) is 0.117. The van der Waals surface area contributed by atoms with Crippen LogP contribution in [0, 0.1) is 18.2 Å². The van der Waals surface area contributed by atoms with Gasteiger partial charge in [0.15, 0.2) is 5.82 Å². The van der Waals surface area contributed by atoms with E-state index in [1.807, 2.05) is 55.5 Å². The zero-order valence-electron chi connectivity index (χ0n) is 37.9. The molecule has 0 spiro atoms. The SMILES string of the molecule is COc1cccc(F)c1-c1ncc2[nH]nc(-c3ccc(N4CCN(C(=O)COCC(=O)N[C@H](C(=O)N5C[C@H](O)C[C@H]5C(=O)NCc5ccc(-c6scnc6C)cc5)C(C)(C)C)CC4)cc3)c2n1. The second kappa shape index (κ2) is 20.0. The van der Waals surface area contributed by atoms with Gasteiger partial charge in [-0.05, 0) is 47.7 Å². The minimum atomic E-state index is -1.04. The number of aliphatic hydroxyl groups excluding tert-OH is 1. The fourth-order valence-corrected chi connectivity index (χ4v) is 9.19. The number of nitrogens with zero attached hydrogens (tertiary/aromatic N) is 7. The number of carbonyl (C=O) groups is 4. The lowest BCUT2D eigenvalue weighted by Gasteiger charge is -2.36. The van der Waals surface area contributed by atoms with Crippen LogP contribution < -0.4 is 20.3 Å². The summed E-state index contributed by atoms with van der Waals surface area (Å²) in [7, 11) is 1.46. The number of piperazine rings is 1. The molecule has 3 atom stereocenters. The number of aryl methyl sites for hydroxylation is 1. The molecule has 0 bridgehead atoms. The first-order chi connectivity index (χ1) is 32.2. The first-order valence-corrected chi connectivity index (χ1v) is 22.9. The number of likely N-dealkylation sites (tertiary alicyclic amines) is 1. The normalized spacial score (nSPS) is 16.9. The van der Waals surface area contributed by atoms with Crippen LogP contribution in [-0.4, -0.2) is 135 Å². The van der Waals surface area contributed by atoms with E-state index in [2.05, 4.69) is 40.7 Å². The lowest BCUT2D eigenvalue weighted by Crippen LogP contribution is -2.58. The summed E-state index contributed by atoms with van der Waals surface area (Å²) in [4.78, 5) is 73.5. The van der Waals surface area contributed by atoms with Crippen LogP contribution in [0.15, 0.2) is 78.4 Å². The van der Waals surface area contributed by atoms with Crippen LogP contribution >= 0.6 is 11.3 Å². The van der Waals surface area contributed by atoms with Gasteiger partial charge >= 0.3 is 0 Å². The maximum atomic E-state index is 14.8. The number of hydrogen-bond donors (Lipinski definition) is 4. The molecule has 4 N–H and O–H groups in total. The van der Waals surface area contributed by atoms with Crippen molar-refractivity contribution in [2.24, 2.45) is 5.41 Å². The van der Waals surface area contributed by atoms with Gasteiger partial charge in [0.1, 0.15) is 53.6 Å². The van der Waals surface area contributed by atoms with Crippen molar-refractivity contribution in [1.82, 2.24) is 45.6 Å². The minimum Gasteiger partial charge on any atom is -0.496 e. The van der Waals surface area contributed by atoms with E-state index in [9.17, 15) is 28.7 Å². The van der Waals surface area contributed by atoms with E-state index in [4.69, 9.17) is 9.47 Å². The Kier molecular flexibility index (Phi) is 13.9. The number of anilines is 1. The molecule has 3 aromatic carbocycles. The first kappa shape index (κ1) is 46.7. The van der Waals surface area contributed by atoms with Gasteiger partial charge < -0.3 is 39.9 Å². The summed E-state index contributed by atoms with van der Waals surface area (Å²) < 4.78 is 25.8. The molecule has 17 nitrogen and oxygen atoms in total. The number of halogens is 1. The lowest BCUT2D eigenvalue weighted by molar-refractivity contribution is -0.145. The van der Waals surface area contributed by atoms with Crippen LogP contribution in [0.5, 0.6) is 5.75 Å². The molecule has 2 fully saturated rings. The Labute approximate surface area is 390 Å². The standard InChI is InChI=1S/C48H53FN10O7S/c1-28-43(67-27-52-28)31-11-9-29(10-12-31)22-51-46(63)36-21-33(60)24-59(36)47(64)44(48(2,3)4)53-38(61)25-66-26-39(62)58-19-17-57(18-20-58)32-15-13-30(14-16-32)41-42-35(55-56-41)23-50-45(54-42)40-34(49)7-6-8-37(40)65-5/h6-16,23,27,33,36,44,60H,17-22,24-26H2,1-5H3,(H,51,63)(H,53,61)(H,55,56)/t33-,36+,44-/m1/s1. The number of β-amino-alcohol motifs (C(OH)–C–C–N with tert-alkyl or cyclic N) is 1. The molecular weight excluding hydrogens is 880 g/mol. The van der Waals surface area contributed by atoms with Crippen LogP contribution in [0.25, 0.3) is 44.1 Å². The molecule has 0 unspecified atom stereocenters. The first-order valence-electron chi connectivity index (χ1n) is 22.0. The van der Waals surface area contributed by atoms with Crippen LogP contribution in [0.1, 0.15) is 38.4 Å². The Morgan fingerprint density at radius 3 is 2.39 bits per heavy atom. The molecule has 0 radical (unpaired) electrons. The van der Waals surface area contributed by atoms with Crippen molar-refractivity contribution >= 4 is 51.7 Å². The van der Waals surface area contributed by atoms with E-state index < -0.39 is 53.7 Å². The zero-order valence-corrected chi connectivity index (χ0v) is 38.7. The number of aromatic amines is 1. The predicted molar refractivity (Wildman–Crippen MR) is 250 cm³/mol. The summed E-state index contributed by atoms with van der Waals surface area (Å²) in [5.74, 6) is -1.75. The molecule has 5 heterocycles. The average Bonchev–Trinajstić information content (AvgIpc) is 4.07. The number of amides is 4. The van der Waals surface area contributed by atoms with Gasteiger partial charge in [-0.2, -0.15) is 5.10 Å². The molecule has 4 amide bonds. The fourth-order valence-electron chi connectivity index (χ4n) is 8.38. The summed E-state index contributed by atoms with van der Waals surface area (Å²) in [5, 5.41) is 23.7. The highest BCUT2D eigenvalue weighted by atomic mass is 32.1. The highest BCUT2D eigenvalue weighted by Crippen LogP contribution is 2.34. The second-order valence-electron chi connectivity index (χ2n) is 17.7. The van der Waals surface area contributed by atoms with Crippen LogP contribution in [0.3, 0.4) is 0 Å². The number of fused-ring (bicyclic) bond motifs is 1. The molecule has 8 rings (SSSR count). The smallest absolute Gasteiger partial charge is 0.248 e. The molecule has 2 aliphatic rings. The van der Waals surface area contributed by atoms with Crippen molar-refractivity contribution in [2.45, 2.75) is 58.8 Å². The molecule has 67 heavy (non-hydrogen) atoms. The molecule has 6 aromatic rings. The molecule has 0 aliphatic carbocycles. The lowest BCUT2D eigenvalue weighted by atomic mass is 9.85. The Balaban J connectivity index is 0.802. The molecule has 19 heteroatoms. The predicted octanol–water partition coefficient (Wildman–Crippen LogP) is 4.74. The molecule has 3 aromatic heterocycles. The molecule has 2 saturated heterocycles. The number of thiazole rings is 1. The number of rotatable bonds is 14. The highest BCUT2D eigenvalue weighted by molar-refractivity contribution is 7.13. The van der Waals surface area contributed by atoms with Crippen molar-refractivity contribution in [2.75, 3.05) is 57.9 Å². The van der Waals surface area contributed by atoms with Gasteiger partial charge in [0, 0.05) is 56.9 Å². The number of methoxy groups -OCH3 is 1. The Hall–Kier alpha value is -6.83. The van der Waals surface area contributed by atoms with Crippen LogP contribution in [0.2, 0.25) is 0 Å². The van der Waals surface area contributed by atoms with Gasteiger partial charge in [0.05, 0.1) is 41.1 Å². The van der Waals surface area contributed by atoms with Crippen molar-refractivity contribution in [3.8, 4) is 38.8 Å². The summed E-state index contributed by atoms with van der Waals surface area (Å²) >= 11 is 1.56. The number of ether oxygens (including phenoxy) is 2. The van der Waals surface area contributed by atoms with E-state index in [-0.39, 0.29) is 43.4 Å². The molecule has 0 saturated carbocycles. The van der Waals surface area contributed by atoms with Gasteiger partial charge in [-0.25, -0.2) is 19.3 Å². The van der Waals surface area contributed by atoms with Crippen LogP contribution in [-0.2, 0) is 30.5 Å². The van der Waals surface area contributed by atoms with Gasteiger partial charge in [-0.3, -0.25) is 24.3 Å². The number of benzene rings is 3. The van der Waals surface area contributed by atoms with Crippen molar-refractivity contribution in [1.29, 1.82) is 0 Å². The number of aliphatic hydroxyl groups is 1. The zero-order chi connectivity index (χ0) is 47.4. The van der Waals surface area contributed by atoms with Crippen LogP contribution in [0.4, 0.5) is 10.1 Å². The largest absolute Gasteiger partial charge is 0.496 e. The van der Waals surface area contributed by atoms with Gasteiger partial charge in [-0.15, -0.1) is 11.3 Å². The van der Waals surface area contributed by atoms with Gasteiger partial charge in [0.2, 0.25) is 23.6 Å². The second-order valence-corrected chi connectivity index (χ2v) is 18.6. The Morgan fingerprint density at radius 1 is 0.970 bits per heavy atom. The van der Waals surface area contributed by atoms with E-state index in [1.165, 1.54) is 18.1 Å². The van der Waals surface area contributed by atoms with Gasteiger partial charge in [-0.1, -0.05) is 63.2 Å². The van der Waals surface area contributed by atoms with Crippen molar-refractivity contribution in [3.63, 3.8) is 0 Å². The molecule has 350 valence electrons. The molecular formula is C48H53FN10O7S. The topological polar surface area (TPSA) is 208 Å². The monoisotopic (exact) mass is 932 g/mol. The summed E-state index contributed by atoms with van der Waals surface area (Å²) in [6.45, 7) is 8.77. The third-order valence-corrected chi connectivity index (χ3v) is 13.0. The fraction of sp³-hybridized carbons (Fsp3) is 0.375. The summed E-state index contributed by atoms with van der Waals surface area (Å²) in [5.41, 5.74) is 7.54. The number of hydrogen-bond acceptors (Lipinski definition) is 13. The maximum absolute atomic E-state index is 14.8. The Morgan fingerprint density at radius 2 is 1.70 bits per heavy atom. The average molecular weight is 933 g/mol. The van der Waals surface area contributed by atoms with E-state index in [1.54, 1.807) is 60.8 Å². The number of nitrogens with one attached hydrogen (secondary N) is 3. The minimum absolute atomic E-state index is 0.0544. The number of carbonyl (C=O) groups excluding carboxylic acids is 4. The summed E-state index contributed by atoms with van der Waals surface area (Å²) in [6, 6.07) is 18.2. The van der Waals surface area contributed by atoms with E-state index >= 15 is 0 Å². The number of aromatic nitrogens is 5.